The van der Waals surface area contributed by atoms with Gasteiger partial charge in [-0.05, 0) is 48.9 Å². The largest absolute Gasteiger partial charge is 0.503 e. The molecular weight excluding hydrogens is 407 g/mol. The van der Waals surface area contributed by atoms with Crippen LogP contribution >= 0.6 is 23.2 Å². The smallest absolute Gasteiger partial charge is 0.335 e. The summed E-state index contributed by atoms with van der Waals surface area (Å²) in [5, 5.41) is 19.4. The lowest BCUT2D eigenvalue weighted by Gasteiger charge is -2.09. The van der Waals surface area contributed by atoms with Crippen LogP contribution in [0.25, 0.3) is 22.0 Å². The molecule has 0 saturated carbocycles. The zero-order chi connectivity index (χ0) is 20.4. The Hall–Kier alpha value is -3.03. The summed E-state index contributed by atoms with van der Waals surface area (Å²) in [6, 6.07) is 7.02. The third kappa shape index (κ3) is 3.95. The van der Waals surface area contributed by atoms with E-state index in [2.05, 4.69) is 9.97 Å². The number of carboxylic acid groups (broad SMARTS) is 1. The Kier molecular flexibility index (Phi) is 5.58. The fraction of sp³-hybridized carbons (Fsp3) is 0.105. The molecule has 1 heterocycles. The van der Waals surface area contributed by atoms with E-state index in [4.69, 9.17) is 33.0 Å². The van der Waals surface area contributed by atoms with E-state index in [1.54, 1.807) is 6.92 Å². The molecule has 0 fully saturated rings. The van der Waals surface area contributed by atoms with Gasteiger partial charge in [0.05, 0.1) is 33.1 Å². The summed E-state index contributed by atoms with van der Waals surface area (Å²) >= 11 is 12.3. The monoisotopic (exact) mass is 420 g/mol. The number of aromatic carboxylic acids is 1. The second-order valence-electron chi connectivity index (χ2n) is 5.73. The number of carboxylic acids is 1. The minimum absolute atomic E-state index is 0.00308. The van der Waals surface area contributed by atoms with Gasteiger partial charge in [0.1, 0.15) is 0 Å². The van der Waals surface area contributed by atoms with Crippen molar-refractivity contribution in [1.82, 2.24) is 9.97 Å². The van der Waals surface area contributed by atoms with E-state index in [0.717, 1.165) is 0 Å². The maximum absolute atomic E-state index is 12.3. The Bertz CT molecular complexity index is 1170. The SMILES string of the molecule is CCOc1cc(/C=C(\Cl)c2nc3cc(C(=O)O)ccc3c(=O)[nH]2)cc(Cl)c1O. The predicted molar refractivity (Wildman–Crippen MR) is 107 cm³/mol. The first-order valence-electron chi connectivity index (χ1n) is 8.10. The Morgan fingerprint density at radius 1 is 1.32 bits per heavy atom. The maximum Gasteiger partial charge on any atom is 0.335 e. The van der Waals surface area contributed by atoms with Gasteiger partial charge in [-0.15, -0.1) is 0 Å². The van der Waals surface area contributed by atoms with Crippen molar-refractivity contribution >= 4 is 51.2 Å². The molecule has 7 nitrogen and oxygen atoms in total. The third-order valence-electron chi connectivity index (χ3n) is 3.82. The number of aromatic nitrogens is 2. The van der Waals surface area contributed by atoms with Crippen LogP contribution in [-0.4, -0.2) is 32.8 Å². The van der Waals surface area contributed by atoms with Crippen LogP contribution in [0.1, 0.15) is 28.7 Å². The van der Waals surface area contributed by atoms with E-state index in [0.29, 0.717) is 12.2 Å². The van der Waals surface area contributed by atoms with Gasteiger partial charge in [-0.2, -0.15) is 0 Å². The van der Waals surface area contributed by atoms with Crippen LogP contribution in [0.4, 0.5) is 0 Å². The molecule has 0 spiro atoms. The molecule has 0 aliphatic rings. The number of aromatic hydroxyl groups is 1. The number of benzene rings is 2. The van der Waals surface area contributed by atoms with Crippen molar-refractivity contribution in [3.8, 4) is 11.5 Å². The average molecular weight is 421 g/mol. The number of H-pyrrole nitrogens is 1. The van der Waals surface area contributed by atoms with Crippen molar-refractivity contribution in [2.75, 3.05) is 6.61 Å². The van der Waals surface area contributed by atoms with Gasteiger partial charge in [0.15, 0.2) is 17.3 Å². The van der Waals surface area contributed by atoms with E-state index in [1.165, 1.54) is 36.4 Å². The number of nitrogens with one attached hydrogen (secondary N) is 1. The second kappa shape index (κ2) is 7.92. The first kappa shape index (κ1) is 19.7. The number of rotatable bonds is 5. The summed E-state index contributed by atoms with van der Waals surface area (Å²) in [7, 11) is 0. The minimum atomic E-state index is -1.13. The molecule has 9 heteroatoms. The molecule has 0 atom stereocenters. The molecule has 0 saturated heterocycles. The number of aromatic amines is 1. The van der Waals surface area contributed by atoms with Crippen molar-refractivity contribution in [3.05, 3.63) is 62.7 Å². The Morgan fingerprint density at radius 2 is 2.07 bits per heavy atom. The predicted octanol–water partition coefficient (Wildman–Crippen LogP) is 4.12. The fourth-order valence-corrected chi connectivity index (χ4v) is 2.98. The first-order valence-corrected chi connectivity index (χ1v) is 8.86. The number of phenols is 1. The number of hydrogen-bond acceptors (Lipinski definition) is 5. The number of halogens is 2. The highest BCUT2D eigenvalue weighted by Crippen LogP contribution is 2.36. The molecular formula is C19H14Cl2N2O5. The van der Waals surface area contributed by atoms with Crippen molar-refractivity contribution < 1.29 is 19.7 Å². The zero-order valence-electron chi connectivity index (χ0n) is 14.5. The third-order valence-corrected chi connectivity index (χ3v) is 4.40. The molecule has 0 radical (unpaired) electrons. The van der Waals surface area contributed by atoms with Crippen LogP contribution in [0.3, 0.4) is 0 Å². The molecule has 0 bridgehead atoms. The van der Waals surface area contributed by atoms with Crippen LogP contribution in [-0.2, 0) is 0 Å². The van der Waals surface area contributed by atoms with Gasteiger partial charge in [-0.1, -0.05) is 23.2 Å². The van der Waals surface area contributed by atoms with Gasteiger partial charge in [-0.25, -0.2) is 9.78 Å². The van der Waals surface area contributed by atoms with Gasteiger partial charge in [0.2, 0.25) is 0 Å². The van der Waals surface area contributed by atoms with E-state index < -0.39 is 11.5 Å². The van der Waals surface area contributed by atoms with Gasteiger partial charge in [0.25, 0.3) is 5.56 Å². The van der Waals surface area contributed by atoms with Gasteiger partial charge in [0, 0.05) is 0 Å². The van der Waals surface area contributed by atoms with E-state index in [-0.39, 0.29) is 43.8 Å². The summed E-state index contributed by atoms with van der Waals surface area (Å²) in [5.41, 5.74) is 0.257. The quantitative estimate of drug-likeness (QED) is 0.572. The van der Waals surface area contributed by atoms with Crippen LogP contribution in [0.2, 0.25) is 5.02 Å². The van der Waals surface area contributed by atoms with Gasteiger partial charge in [-0.3, -0.25) is 4.79 Å². The molecule has 0 unspecified atom stereocenters. The van der Waals surface area contributed by atoms with Crippen LogP contribution < -0.4 is 10.3 Å². The molecule has 3 rings (SSSR count). The lowest BCUT2D eigenvalue weighted by Crippen LogP contribution is -2.11. The molecule has 144 valence electrons. The standard InChI is InChI=1S/C19H14Cl2N2O5/c1-2-28-15-7-9(5-12(20)16(15)24)6-13(21)17-22-14-8-10(19(26)27)3-4-11(14)18(25)23-17/h3-8,24H,2H2,1H3,(H,26,27)(H,22,23,25)/b13-6-. The highest BCUT2D eigenvalue weighted by atomic mass is 35.5. The molecule has 0 aliphatic heterocycles. The number of fused-ring (bicyclic) bond motifs is 1. The van der Waals surface area contributed by atoms with Crippen LogP contribution in [0, 0.1) is 0 Å². The van der Waals surface area contributed by atoms with Crippen molar-refractivity contribution in [2.45, 2.75) is 6.92 Å². The van der Waals surface area contributed by atoms with Crippen molar-refractivity contribution in [3.63, 3.8) is 0 Å². The second-order valence-corrected chi connectivity index (χ2v) is 6.54. The summed E-state index contributed by atoms with van der Waals surface area (Å²) in [4.78, 5) is 30.2. The highest BCUT2D eigenvalue weighted by molar-refractivity contribution is 6.50. The molecule has 0 aliphatic carbocycles. The number of nitrogens with zero attached hydrogens (tertiary/aromatic N) is 1. The topological polar surface area (TPSA) is 113 Å². The lowest BCUT2D eigenvalue weighted by atomic mass is 10.1. The molecule has 0 amide bonds. The van der Waals surface area contributed by atoms with Crippen LogP contribution in [0.15, 0.2) is 35.1 Å². The molecule has 28 heavy (non-hydrogen) atoms. The Morgan fingerprint density at radius 3 is 2.75 bits per heavy atom. The minimum Gasteiger partial charge on any atom is -0.503 e. The first-order chi connectivity index (χ1) is 13.3. The highest BCUT2D eigenvalue weighted by Gasteiger charge is 2.12. The van der Waals surface area contributed by atoms with Crippen molar-refractivity contribution in [2.24, 2.45) is 0 Å². The molecule has 2 aromatic carbocycles. The molecule has 1 aromatic heterocycles. The molecule has 3 aromatic rings. The van der Waals surface area contributed by atoms with Gasteiger partial charge >= 0.3 is 5.97 Å². The normalized spacial score (nSPS) is 11.6. The summed E-state index contributed by atoms with van der Waals surface area (Å²) in [6.45, 7) is 2.09. The summed E-state index contributed by atoms with van der Waals surface area (Å²) < 4.78 is 5.32. The number of ether oxygens (including phenoxy) is 1. The Labute approximate surface area is 168 Å². The number of phenolic OH excluding ortho intramolecular Hbond substituents is 1. The summed E-state index contributed by atoms with van der Waals surface area (Å²) in [6.07, 6.45) is 1.49. The Balaban J connectivity index is 2.09. The number of hydrogen-bond donors (Lipinski definition) is 3. The van der Waals surface area contributed by atoms with E-state index in [1.807, 2.05) is 0 Å². The number of carbonyl (C=O) groups is 1. The van der Waals surface area contributed by atoms with Crippen LogP contribution in [0.5, 0.6) is 11.5 Å². The molecule has 3 N–H and O–H groups in total. The van der Waals surface area contributed by atoms with Crippen molar-refractivity contribution in [1.29, 1.82) is 0 Å². The van der Waals surface area contributed by atoms with E-state index in [9.17, 15) is 14.7 Å². The lowest BCUT2D eigenvalue weighted by molar-refractivity contribution is 0.0697. The maximum atomic E-state index is 12.3. The fourth-order valence-electron chi connectivity index (χ4n) is 2.54. The summed E-state index contributed by atoms with van der Waals surface area (Å²) in [5.74, 6) is -1.06. The average Bonchev–Trinajstić information content (AvgIpc) is 2.65. The van der Waals surface area contributed by atoms with Gasteiger partial charge < -0.3 is 19.9 Å². The zero-order valence-corrected chi connectivity index (χ0v) is 16.0. The van der Waals surface area contributed by atoms with E-state index >= 15 is 0 Å².